The number of benzene rings is 2. The van der Waals surface area contributed by atoms with Crippen molar-refractivity contribution >= 4 is 50.8 Å². The molecule has 1 aliphatic carbocycles. The first-order valence-corrected chi connectivity index (χ1v) is 14.9. The highest BCUT2D eigenvalue weighted by atomic mass is 35.5. The van der Waals surface area contributed by atoms with Gasteiger partial charge in [0.25, 0.3) is 5.91 Å². The Morgan fingerprint density at radius 2 is 1.80 bits per heavy atom. The molecule has 0 spiro atoms. The number of thiazole rings is 1. The molecule has 5 rings (SSSR count). The molecule has 2 aromatic carbocycles. The minimum atomic E-state index is -0.440. The third-order valence-electron chi connectivity index (χ3n) is 7.93. The van der Waals surface area contributed by atoms with Crippen LogP contribution in [0.2, 0.25) is 5.02 Å². The average Bonchev–Trinajstić information content (AvgIpc) is 3.58. The van der Waals surface area contributed by atoms with Crippen molar-refractivity contribution < 1.29 is 23.8 Å². The Kier molecular flexibility index (Phi) is 8.85. The highest BCUT2D eigenvalue weighted by Gasteiger charge is 2.29. The number of esters is 1. The van der Waals surface area contributed by atoms with Gasteiger partial charge >= 0.3 is 5.97 Å². The van der Waals surface area contributed by atoms with Crippen molar-refractivity contribution in [3.63, 3.8) is 0 Å². The molecule has 1 aliphatic rings. The maximum atomic E-state index is 13.7. The lowest BCUT2D eigenvalue weighted by Crippen LogP contribution is -2.20. The second kappa shape index (κ2) is 12.5. The molecule has 1 N–H and O–H groups in total. The largest absolute Gasteiger partial charge is 0.496 e. The number of hydrogen-bond donors (Lipinski definition) is 1. The summed E-state index contributed by atoms with van der Waals surface area (Å²) in [7, 11) is 4.50. The molecule has 2 heterocycles. The number of para-hydroxylation sites is 1. The van der Waals surface area contributed by atoms with E-state index >= 15 is 0 Å². The van der Waals surface area contributed by atoms with Gasteiger partial charge in [0.1, 0.15) is 23.7 Å². The molecule has 216 valence electrons. The number of amides is 1. The van der Waals surface area contributed by atoms with Gasteiger partial charge in [-0.1, -0.05) is 56.0 Å². The number of aromatic nitrogens is 2. The molecule has 0 radical (unpaired) electrons. The van der Waals surface area contributed by atoms with E-state index in [2.05, 4.69) is 12.2 Å². The van der Waals surface area contributed by atoms with E-state index in [0.717, 1.165) is 39.9 Å². The highest BCUT2D eigenvalue weighted by molar-refractivity contribution is 7.16. The smallest absolute Gasteiger partial charge is 0.325 e. The SMILES string of the molecule is COC(=O)Cn1c(C(=O)Nc2nc(-c3cc(OC)c(Cl)cc3OC)c(C(C)C3CCCCC3)s2)cc2ccccc21. The molecule has 0 saturated heterocycles. The Hall–Kier alpha value is -3.56. The molecule has 1 fully saturated rings. The maximum Gasteiger partial charge on any atom is 0.325 e. The standard InChI is InChI=1S/C31H34ClN3O5S/c1-18(19-10-6-5-7-11-19)29-28(21-15-26(39-3)22(32)16-25(21)38-2)33-31(41-29)34-30(37)24-14-20-12-8-9-13-23(20)35(24)17-27(36)40-4/h8-9,12-16,18-19H,5-7,10-11,17H2,1-4H3,(H,33,34,37). The molecule has 4 aromatic rings. The number of halogens is 1. The molecular weight excluding hydrogens is 562 g/mol. The number of methoxy groups -OCH3 is 3. The molecule has 41 heavy (non-hydrogen) atoms. The number of ether oxygens (including phenoxy) is 3. The van der Waals surface area contributed by atoms with Gasteiger partial charge in [0.15, 0.2) is 5.13 Å². The van der Waals surface area contributed by atoms with Gasteiger partial charge in [-0.15, -0.1) is 11.3 Å². The summed E-state index contributed by atoms with van der Waals surface area (Å²) < 4.78 is 17.8. The normalized spacial score (nSPS) is 14.6. The fraction of sp³-hybridized carbons (Fsp3) is 0.387. The van der Waals surface area contributed by atoms with E-state index in [9.17, 15) is 9.59 Å². The lowest BCUT2D eigenvalue weighted by Gasteiger charge is -2.27. The van der Waals surface area contributed by atoms with E-state index in [1.54, 1.807) is 30.9 Å². The van der Waals surface area contributed by atoms with Crippen LogP contribution in [0.3, 0.4) is 0 Å². The van der Waals surface area contributed by atoms with Crippen LogP contribution >= 0.6 is 22.9 Å². The molecule has 8 nitrogen and oxygen atoms in total. The zero-order valence-electron chi connectivity index (χ0n) is 23.7. The minimum Gasteiger partial charge on any atom is -0.496 e. The second-order valence-electron chi connectivity index (χ2n) is 10.3. The lowest BCUT2D eigenvalue weighted by atomic mass is 9.79. The van der Waals surface area contributed by atoms with Crippen molar-refractivity contribution in [1.29, 1.82) is 0 Å². The first-order chi connectivity index (χ1) is 19.8. The molecule has 1 atom stereocenters. The maximum absolute atomic E-state index is 13.7. The van der Waals surface area contributed by atoms with Crippen molar-refractivity contribution in [3.8, 4) is 22.8 Å². The van der Waals surface area contributed by atoms with Crippen molar-refractivity contribution in [2.24, 2.45) is 5.92 Å². The summed E-state index contributed by atoms with van der Waals surface area (Å²) in [4.78, 5) is 31.9. The van der Waals surface area contributed by atoms with Gasteiger partial charge in [-0.25, -0.2) is 4.98 Å². The number of anilines is 1. The number of fused-ring (bicyclic) bond motifs is 1. The third-order valence-corrected chi connectivity index (χ3v) is 9.40. The molecule has 10 heteroatoms. The molecular formula is C31H34ClN3O5S. The van der Waals surface area contributed by atoms with Crippen molar-refractivity contribution in [1.82, 2.24) is 9.55 Å². The van der Waals surface area contributed by atoms with Crippen molar-refractivity contribution in [2.45, 2.75) is 51.5 Å². The summed E-state index contributed by atoms with van der Waals surface area (Å²) in [5.74, 6) is 1.05. The summed E-state index contributed by atoms with van der Waals surface area (Å²) in [6, 6.07) is 12.9. The van der Waals surface area contributed by atoms with Crippen molar-refractivity contribution in [2.75, 3.05) is 26.6 Å². The van der Waals surface area contributed by atoms with Crippen LogP contribution in [0, 0.1) is 5.92 Å². The number of carbonyl (C=O) groups excluding carboxylic acids is 2. The molecule has 1 amide bonds. The van der Waals surface area contributed by atoms with Crippen molar-refractivity contribution in [3.05, 3.63) is 58.1 Å². The Morgan fingerprint density at radius 1 is 1.07 bits per heavy atom. The van der Waals surface area contributed by atoms with E-state index in [-0.39, 0.29) is 18.4 Å². The summed E-state index contributed by atoms with van der Waals surface area (Å²) in [5.41, 5.74) is 2.61. The molecule has 0 aliphatic heterocycles. The van der Waals surface area contributed by atoms with Gasteiger partial charge in [0, 0.05) is 27.4 Å². The summed E-state index contributed by atoms with van der Waals surface area (Å²) in [6.45, 7) is 2.16. The van der Waals surface area contributed by atoms with Crippen LogP contribution in [0.5, 0.6) is 11.5 Å². The molecule has 0 bridgehead atoms. The van der Waals surface area contributed by atoms with Crippen LogP contribution in [0.1, 0.15) is 60.3 Å². The molecule has 1 unspecified atom stereocenters. The van der Waals surface area contributed by atoms with Crippen LogP contribution in [0.15, 0.2) is 42.5 Å². The Labute approximate surface area is 248 Å². The number of nitrogens with zero attached hydrogens (tertiary/aromatic N) is 2. The first kappa shape index (κ1) is 29.0. The summed E-state index contributed by atoms with van der Waals surface area (Å²) in [6.07, 6.45) is 6.02. The zero-order valence-corrected chi connectivity index (χ0v) is 25.2. The van der Waals surface area contributed by atoms with Crippen LogP contribution in [0.25, 0.3) is 22.2 Å². The highest BCUT2D eigenvalue weighted by Crippen LogP contribution is 2.47. The van der Waals surface area contributed by atoms with Crippen LogP contribution in [-0.4, -0.2) is 42.8 Å². The lowest BCUT2D eigenvalue weighted by molar-refractivity contribution is -0.141. The summed E-state index contributed by atoms with van der Waals surface area (Å²) >= 11 is 7.89. The minimum absolute atomic E-state index is 0.0817. The number of hydrogen-bond acceptors (Lipinski definition) is 7. The quantitative estimate of drug-likeness (QED) is 0.201. The topological polar surface area (TPSA) is 91.7 Å². The fourth-order valence-electron chi connectivity index (χ4n) is 5.70. The van der Waals surface area contributed by atoms with E-state index in [0.29, 0.717) is 33.3 Å². The molecule has 1 saturated carbocycles. The first-order valence-electron chi connectivity index (χ1n) is 13.7. The van der Waals surface area contributed by atoms with Gasteiger partial charge in [-0.3, -0.25) is 14.9 Å². The van der Waals surface area contributed by atoms with Gasteiger partial charge in [0.2, 0.25) is 0 Å². The number of nitrogens with one attached hydrogen (secondary N) is 1. The van der Waals surface area contributed by atoms with Gasteiger partial charge in [0.05, 0.1) is 32.0 Å². The van der Waals surface area contributed by atoms with Gasteiger partial charge < -0.3 is 18.8 Å². The van der Waals surface area contributed by atoms with E-state index in [1.807, 2.05) is 30.3 Å². The van der Waals surface area contributed by atoms with Crippen LogP contribution in [-0.2, 0) is 16.1 Å². The van der Waals surface area contributed by atoms with E-state index < -0.39 is 5.97 Å². The number of carbonyl (C=O) groups is 2. The summed E-state index contributed by atoms with van der Waals surface area (Å²) in [5, 5.41) is 4.77. The second-order valence-corrected chi connectivity index (χ2v) is 11.7. The van der Waals surface area contributed by atoms with E-state index in [1.165, 1.54) is 37.7 Å². The zero-order chi connectivity index (χ0) is 29.1. The Balaban J connectivity index is 1.57. The van der Waals surface area contributed by atoms with Crippen LogP contribution in [0.4, 0.5) is 5.13 Å². The van der Waals surface area contributed by atoms with E-state index in [4.69, 9.17) is 30.8 Å². The van der Waals surface area contributed by atoms with Gasteiger partial charge in [-0.2, -0.15) is 0 Å². The fourth-order valence-corrected chi connectivity index (χ4v) is 7.05. The third kappa shape index (κ3) is 5.92. The van der Waals surface area contributed by atoms with Gasteiger partial charge in [-0.05, 0) is 42.9 Å². The number of rotatable bonds is 9. The predicted molar refractivity (Wildman–Crippen MR) is 163 cm³/mol. The predicted octanol–water partition coefficient (Wildman–Crippen LogP) is 7.54. The Bertz CT molecular complexity index is 1570. The molecule has 2 aromatic heterocycles. The Morgan fingerprint density at radius 3 is 2.51 bits per heavy atom. The van der Waals surface area contributed by atoms with Crippen LogP contribution < -0.4 is 14.8 Å². The average molecular weight is 596 g/mol. The monoisotopic (exact) mass is 595 g/mol.